The van der Waals surface area contributed by atoms with Crippen molar-refractivity contribution in [2.75, 3.05) is 18.4 Å². The summed E-state index contributed by atoms with van der Waals surface area (Å²) in [6, 6.07) is 4.18. The van der Waals surface area contributed by atoms with E-state index in [0.717, 1.165) is 42.9 Å². The minimum Gasteiger partial charge on any atom is -0.385 e. The number of nitrogens with zero attached hydrogens (tertiary/aromatic N) is 1. The molecule has 1 aromatic carbocycles. The molecule has 8 nitrogen and oxygen atoms in total. The number of anilines is 1. The Hall–Kier alpha value is -2.74. The summed E-state index contributed by atoms with van der Waals surface area (Å²) in [7, 11) is 0. The second kappa shape index (κ2) is 12.5. The van der Waals surface area contributed by atoms with Crippen LogP contribution in [0.2, 0.25) is 0 Å². The Kier molecular flexibility index (Phi) is 9.42. The van der Waals surface area contributed by atoms with E-state index in [-0.39, 0.29) is 18.7 Å². The zero-order valence-electron chi connectivity index (χ0n) is 19.4. The zero-order valence-corrected chi connectivity index (χ0v) is 19.4. The fourth-order valence-electron chi connectivity index (χ4n) is 4.50. The van der Waals surface area contributed by atoms with Crippen LogP contribution in [-0.4, -0.2) is 47.7 Å². The maximum absolute atomic E-state index is 12.9. The standard InChI is InChI=1S/C25H36N4O4/c26-15-9-7-5-3-1-2-4-6-8-10-16-27-18-11-12-19-20(17-18)25(33)29(24(19)32)21-13-14-22(30)28-23(21)31/h11-12,17,21,27H,1-10,13-16,26H2,(H,28,30,31). The molecule has 0 aliphatic carbocycles. The van der Waals surface area contributed by atoms with Crippen molar-refractivity contribution in [1.29, 1.82) is 0 Å². The van der Waals surface area contributed by atoms with E-state index in [2.05, 4.69) is 10.6 Å². The van der Waals surface area contributed by atoms with E-state index < -0.39 is 23.8 Å². The molecule has 1 unspecified atom stereocenters. The molecular formula is C25H36N4O4. The normalized spacial score (nSPS) is 18.0. The molecule has 1 saturated heterocycles. The molecule has 0 aromatic heterocycles. The van der Waals surface area contributed by atoms with Gasteiger partial charge in [0.2, 0.25) is 11.8 Å². The largest absolute Gasteiger partial charge is 0.385 e. The molecule has 1 atom stereocenters. The highest BCUT2D eigenvalue weighted by atomic mass is 16.2. The second-order valence-corrected chi connectivity index (χ2v) is 8.96. The summed E-state index contributed by atoms with van der Waals surface area (Å²) in [6.07, 6.45) is 12.6. The molecule has 3 rings (SSSR count). The topological polar surface area (TPSA) is 122 Å². The highest BCUT2D eigenvalue weighted by Crippen LogP contribution is 2.29. The van der Waals surface area contributed by atoms with Crippen LogP contribution in [0.4, 0.5) is 5.69 Å². The molecule has 0 spiro atoms. The molecule has 2 heterocycles. The Morgan fingerprint density at radius 3 is 2.09 bits per heavy atom. The maximum Gasteiger partial charge on any atom is 0.262 e. The van der Waals surface area contributed by atoms with Crippen LogP contribution in [0.1, 0.15) is 97.8 Å². The Labute approximate surface area is 195 Å². The van der Waals surface area contributed by atoms with E-state index >= 15 is 0 Å². The Bertz CT molecular complexity index is 870. The van der Waals surface area contributed by atoms with Crippen molar-refractivity contribution < 1.29 is 19.2 Å². The number of nitrogens with one attached hydrogen (secondary N) is 2. The van der Waals surface area contributed by atoms with Crippen LogP contribution >= 0.6 is 0 Å². The molecular weight excluding hydrogens is 420 g/mol. The number of hydrogen-bond donors (Lipinski definition) is 3. The van der Waals surface area contributed by atoms with Gasteiger partial charge in [0, 0.05) is 18.7 Å². The molecule has 1 aromatic rings. The van der Waals surface area contributed by atoms with Crippen LogP contribution in [0, 0.1) is 0 Å². The summed E-state index contributed by atoms with van der Waals surface area (Å²) in [6.45, 7) is 1.60. The number of imide groups is 2. The lowest BCUT2D eigenvalue weighted by Crippen LogP contribution is -2.54. The number of unbranched alkanes of at least 4 members (excludes halogenated alkanes) is 9. The van der Waals surface area contributed by atoms with Gasteiger partial charge in [-0.3, -0.25) is 29.4 Å². The summed E-state index contributed by atoms with van der Waals surface area (Å²) >= 11 is 0. The van der Waals surface area contributed by atoms with Crippen molar-refractivity contribution in [3.05, 3.63) is 29.3 Å². The quantitative estimate of drug-likeness (QED) is 0.291. The number of amides is 4. The first kappa shape index (κ1) is 24.9. The van der Waals surface area contributed by atoms with Crippen molar-refractivity contribution in [2.45, 2.75) is 83.1 Å². The molecule has 180 valence electrons. The lowest BCUT2D eigenvalue weighted by molar-refractivity contribution is -0.136. The van der Waals surface area contributed by atoms with Gasteiger partial charge in [0.15, 0.2) is 0 Å². The Morgan fingerprint density at radius 1 is 0.848 bits per heavy atom. The number of carbonyl (C=O) groups is 4. The number of piperidine rings is 1. The number of nitrogens with two attached hydrogens (primary N) is 1. The number of fused-ring (bicyclic) bond motifs is 1. The molecule has 8 heteroatoms. The van der Waals surface area contributed by atoms with Crippen LogP contribution in [0.3, 0.4) is 0 Å². The van der Waals surface area contributed by atoms with E-state index in [1.165, 1.54) is 44.9 Å². The molecule has 1 fully saturated rings. The first-order chi connectivity index (χ1) is 16.0. The third kappa shape index (κ3) is 6.63. The van der Waals surface area contributed by atoms with Gasteiger partial charge in [-0.1, -0.05) is 51.4 Å². The molecule has 2 aliphatic rings. The Morgan fingerprint density at radius 2 is 1.45 bits per heavy atom. The van der Waals surface area contributed by atoms with Gasteiger partial charge >= 0.3 is 0 Å². The molecule has 0 radical (unpaired) electrons. The van der Waals surface area contributed by atoms with Crippen LogP contribution in [-0.2, 0) is 9.59 Å². The van der Waals surface area contributed by atoms with E-state index in [9.17, 15) is 19.2 Å². The summed E-state index contributed by atoms with van der Waals surface area (Å²) in [5.74, 6) is -1.92. The highest BCUT2D eigenvalue weighted by Gasteiger charge is 2.44. The van der Waals surface area contributed by atoms with Gasteiger partial charge in [0.25, 0.3) is 11.8 Å². The third-order valence-corrected chi connectivity index (χ3v) is 6.40. The number of benzene rings is 1. The van der Waals surface area contributed by atoms with Gasteiger partial charge in [-0.2, -0.15) is 0 Å². The number of rotatable bonds is 14. The SMILES string of the molecule is NCCCCCCCCCCCCNc1ccc2c(c1)C(=O)N(C1CCC(=O)NC1=O)C2=O. The third-order valence-electron chi connectivity index (χ3n) is 6.40. The van der Waals surface area contributed by atoms with Crippen molar-refractivity contribution in [1.82, 2.24) is 10.2 Å². The molecule has 33 heavy (non-hydrogen) atoms. The predicted octanol–water partition coefficient (Wildman–Crippen LogP) is 3.36. The lowest BCUT2D eigenvalue weighted by Gasteiger charge is -2.27. The monoisotopic (exact) mass is 456 g/mol. The zero-order chi connectivity index (χ0) is 23.6. The van der Waals surface area contributed by atoms with Crippen molar-refractivity contribution in [3.8, 4) is 0 Å². The van der Waals surface area contributed by atoms with Crippen LogP contribution < -0.4 is 16.4 Å². The fourth-order valence-corrected chi connectivity index (χ4v) is 4.50. The summed E-state index contributed by atoms with van der Waals surface area (Å²) in [5, 5.41) is 5.54. The van der Waals surface area contributed by atoms with E-state index in [0.29, 0.717) is 11.1 Å². The van der Waals surface area contributed by atoms with Gasteiger partial charge < -0.3 is 11.1 Å². The minimum absolute atomic E-state index is 0.116. The summed E-state index contributed by atoms with van der Waals surface area (Å²) in [4.78, 5) is 50.1. The average Bonchev–Trinajstić information content (AvgIpc) is 3.04. The van der Waals surface area contributed by atoms with Gasteiger partial charge in [-0.05, 0) is 44.0 Å². The number of hydrogen-bond acceptors (Lipinski definition) is 6. The average molecular weight is 457 g/mol. The van der Waals surface area contributed by atoms with Crippen molar-refractivity contribution in [3.63, 3.8) is 0 Å². The van der Waals surface area contributed by atoms with E-state index in [4.69, 9.17) is 5.73 Å². The van der Waals surface area contributed by atoms with E-state index in [1.807, 2.05) is 0 Å². The molecule has 0 saturated carbocycles. The van der Waals surface area contributed by atoms with Gasteiger partial charge in [0.1, 0.15) is 6.04 Å². The predicted molar refractivity (Wildman–Crippen MR) is 127 cm³/mol. The van der Waals surface area contributed by atoms with Crippen molar-refractivity contribution in [2.24, 2.45) is 5.73 Å². The van der Waals surface area contributed by atoms with Crippen molar-refractivity contribution >= 4 is 29.3 Å². The second-order valence-electron chi connectivity index (χ2n) is 8.96. The summed E-state index contributed by atoms with van der Waals surface area (Å²) < 4.78 is 0. The van der Waals surface area contributed by atoms with Crippen LogP contribution in [0.25, 0.3) is 0 Å². The van der Waals surface area contributed by atoms with Gasteiger partial charge in [0.05, 0.1) is 11.1 Å². The fraction of sp³-hybridized carbons (Fsp3) is 0.600. The number of carbonyl (C=O) groups excluding carboxylic acids is 4. The Balaban J connectivity index is 1.38. The van der Waals surface area contributed by atoms with Crippen LogP contribution in [0.5, 0.6) is 0 Å². The van der Waals surface area contributed by atoms with Gasteiger partial charge in [-0.15, -0.1) is 0 Å². The maximum atomic E-state index is 12.9. The first-order valence-electron chi connectivity index (χ1n) is 12.3. The molecule has 4 amide bonds. The van der Waals surface area contributed by atoms with E-state index in [1.54, 1.807) is 18.2 Å². The molecule has 0 bridgehead atoms. The van der Waals surface area contributed by atoms with Gasteiger partial charge in [-0.25, -0.2) is 0 Å². The minimum atomic E-state index is -0.933. The smallest absolute Gasteiger partial charge is 0.262 e. The molecule has 4 N–H and O–H groups in total. The highest BCUT2D eigenvalue weighted by molar-refractivity contribution is 6.23. The first-order valence-corrected chi connectivity index (χ1v) is 12.3. The molecule has 2 aliphatic heterocycles. The van der Waals surface area contributed by atoms with Crippen LogP contribution in [0.15, 0.2) is 18.2 Å². The lowest BCUT2D eigenvalue weighted by atomic mass is 10.0. The summed E-state index contributed by atoms with van der Waals surface area (Å²) in [5.41, 5.74) is 6.91.